The highest BCUT2D eigenvalue weighted by Crippen LogP contribution is 2.33. The molecule has 0 nitrogen and oxygen atoms in total. The van der Waals surface area contributed by atoms with Crippen LogP contribution in [0.15, 0.2) is 18.2 Å². The molecule has 0 aliphatic heterocycles. The topological polar surface area (TPSA) is 0 Å². The van der Waals surface area contributed by atoms with Gasteiger partial charge in [0.25, 0.3) is 0 Å². The standard InChI is InChI=1S/C12H12/c1-3-10-5-4-6-11-9(2)7-8-12(10)11/h1,4-6,9H,7-8H2,2H3. The maximum atomic E-state index is 5.42. The lowest BCUT2D eigenvalue weighted by Crippen LogP contribution is -1.88. The summed E-state index contributed by atoms with van der Waals surface area (Å²) in [5.41, 5.74) is 3.97. The zero-order valence-electron chi connectivity index (χ0n) is 7.30. The maximum Gasteiger partial charge on any atom is 0.0277 e. The SMILES string of the molecule is C#Cc1cccc2c1CCC2C. The number of rotatable bonds is 0. The molecule has 2 rings (SSSR count). The molecule has 0 N–H and O–H groups in total. The molecule has 1 aromatic carbocycles. The van der Waals surface area contributed by atoms with Crippen LogP contribution in [0.4, 0.5) is 0 Å². The summed E-state index contributed by atoms with van der Waals surface area (Å²) >= 11 is 0. The molecule has 0 amide bonds. The van der Waals surface area contributed by atoms with E-state index in [4.69, 9.17) is 6.42 Å². The lowest BCUT2D eigenvalue weighted by molar-refractivity contribution is 0.747. The third kappa shape index (κ3) is 0.940. The van der Waals surface area contributed by atoms with Gasteiger partial charge in [0.2, 0.25) is 0 Å². The van der Waals surface area contributed by atoms with E-state index in [1.54, 1.807) is 0 Å². The fourth-order valence-electron chi connectivity index (χ4n) is 2.00. The summed E-state index contributed by atoms with van der Waals surface area (Å²) in [5.74, 6) is 3.45. The average molecular weight is 156 g/mol. The molecule has 0 fully saturated rings. The number of hydrogen-bond acceptors (Lipinski definition) is 0. The molecule has 12 heavy (non-hydrogen) atoms. The predicted octanol–water partition coefficient (Wildman–Crippen LogP) is 2.72. The summed E-state index contributed by atoms with van der Waals surface area (Å²) in [6.45, 7) is 2.27. The zero-order chi connectivity index (χ0) is 8.55. The van der Waals surface area contributed by atoms with Crippen LogP contribution in [-0.4, -0.2) is 0 Å². The van der Waals surface area contributed by atoms with Crippen molar-refractivity contribution in [3.05, 3.63) is 34.9 Å². The van der Waals surface area contributed by atoms with Gasteiger partial charge in [0.05, 0.1) is 0 Å². The summed E-state index contributed by atoms with van der Waals surface area (Å²) in [4.78, 5) is 0. The van der Waals surface area contributed by atoms with Crippen LogP contribution in [0.2, 0.25) is 0 Å². The largest absolute Gasteiger partial charge is 0.115 e. The molecule has 1 aromatic rings. The van der Waals surface area contributed by atoms with Gasteiger partial charge in [-0.2, -0.15) is 0 Å². The number of hydrogen-bond donors (Lipinski definition) is 0. The van der Waals surface area contributed by atoms with Gasteiger partial charge in [0.1, 0.15) is 0 Å². The van der Waals surface area contributed by atoms with Gasteiger partial charge in [-0.25, -0.2) is 0 Å². The van der Waals surface area contributed by atoms with Crippen molar-refractivity contribution in [1.82, 2.24) is 0 Å². The first-order chi connectivity index (χ1) is 5.83. The molecule has 60 valence electrons. The average Bonchev–Trinajstić information content (AvgIpc) is 2.48. The van der Waals surface area contributed by atoms with Gasteiger partial charge >= 0.3 is 0 Å². The van der Waals surface area contributed by atoms with E-state index >= 15 is 0 Å². The minimum atomic E-state index is 0.702. The highest BCUT2D eigenvalue weighted by atomic mass is 14.2. The van der Waals surface area contributed by atoms with Crippen LogP contribution in [0.1, 0.15) is 36.0 Å². The minimum absolute atomic E-state index is 0.702. The Labute approximate surface area is 73.6 Å². The molecular weight excluding hydrogens is 144 g/mol. The second kappa shape index (κ2) is 2.68. The molecule has 0 aromatic heterocycles. The van der Waals surface area contributed by atoms with Crippen LogP contribution in [-0.2, 0) is 6.42 Å². The summed E-state index contributed by atoms with van der Waals surface area (Å²) in [6, 6.07) is 6.31. The van der Waals surface area contributed by atoms with Crippen LogP contribution >= 0.6 is 0 Å². The van der Waals surface area contributed by atoms with E-state index in [1.165, 1.54) is 17.5 Å². The normalized spacial score (nSPS) is 20.2. The van der Waals surface area contributed by atoms with Crippen LogP contribution < -0.4 is 0 Å². The van der Waals surface area contributed by atoms with E-state index in [1.807, 2.05) is 6.07 Å². The molecule has 0 heteroatoms. The molecule has 0 saturated heterocycles. The second-order valence-electron chi connectivity index (χ2n) is 3.46. The Hall–Kier alpha value is -1.22. The van der Waals surface area contributed by atoms with Gasteiger partial charge in [-0.05, 0) is 36.0 Å². The Morgan fingerprint density at radius 1 is 1.50 bits per heavy atom. The van der Waals surface area contributed by atoms with Gasteiger partial charge in [0, 0.05) is 5.56 Å². The van der Waals surface area contributed by atoms with Crippen molar-refractivity contribution in [2.75, 3.05) is 0 Å². The van der Waals surface area contributed by atoms with E-state index in [0.29, 0.717) is 5.92 Å². The van der Waals surface area contributed by atoms with Gasteiger partial charge in [0.15, 0.2) is 0 Å². The molecule has 0 bridgehead atoms. The summed E-state index contributed by atoms with van der Waals surface area (Å²) < 4.78 is 0. The number of terminal acetylenes is 1. The third-order valence-corrected chi connectivity index (χ3v) is 2.73. The van der Waals surface area contributed by atoms with Gasteiger partial charge in [-0.15, -0.1) is 6.42 Å². The van der Waals surface area contributed by atoms with Gasteiger partial charge in [-0.3, -0.25) is 0 Å². The first kappa shape index (κ1) is 7.43. The zero-order valence-corrected chi connectivity index (χ0v) is 7.30. The van der Waals surface area contributed by atoms with E-state index in [-0.39, 0.29) is 0 Å². The fourth-order valence-corrected chi connectivity index (χ4v) is 2.00. The van der Waals surface area contributed by atoms with Crippen molar-refractivity contribution in [2.24, 2.45) is 0 Å². The molecule has 1 atom stereocenters. The van der Waals surface area contributed by atoms with Crippen LogP contribution in [0.25, 0.3) is 0 Å². The van der Waals surface area contributed by atoms with Crippen molar-refractivity contribution in [3.8, 4) is 12.3 Å². The second-order valence-corrected chi connectivity index (χ2v) is 3.46. The lowest BCUT2D eigenvalue weighted by Gasteiger charge is -2.04. The minimum Gasteiger partial charge on any atom is -0.115 e. The van der Waals surface area contributed by atoms with Gasteiger partial charge < -0.3 is 0 Å². The Morgan fingerprint density at radius 2 is 2.33 bits per heavy atom. The van der Waals surface area contributed by atoms with Crippen molar-refractivity contribution >= 4 is 0 Å². The maximum absolute atomic E-state index is 5.42. The van der Waals surface area contributed by atoms with E-state index in [9.17, 15) is 0 Å². The highest BCUT2D eigenvalue weighted by molar-refractivity contribution is 5.48. The van der Waals surface area contributed by atoms with Crippen LogP contribution in [0, 0.1) is 12.3 Å². The Morgan fingerprint density at radius 3 is 3.08 bits per heavy atom. The Balaban J connectivity index is 2.60. The van der Waals surface area contributed by atoms with Crippen molar-refractivity contribution in [2.45, 2.75) is 25.7 Å². The van der Waals surface area contributed by atoms with E-state index in [0.717, 1.165) is 12.0 Å². The van der Waals surface area contributed by atoms with E-state index in [2.05, 4.69) is 25.0 Å². The highest BCUT2D eigenvalue weighted by Gasteiger charge is 2.19. The molecule has 0 spiro atoms. The first-order valence-electron chi connectivity index (χ1n) is 4.41. The molecule has 1 aliphatic rings. The quantitative estimate of drug-likeness (QED) is 0.507. The lowest BCUT2D eigenvalue weighted by atomic mass is 10.0. The van der Waals surface area contributed by atoms with Crippen molar-refractivity contribution in [1.29, 1.82) is 0 Å². The fraction of sp³-hybridized carbons (Fsp3) is 0.333. The molecule has 0 heterocycles. The monoisotopic (exact) mass is 156 g/mol. The van der Waals surface area contributed by atoms with E-state index < -0.39 is 0 Å². The molecule has 0 saturated carbocycles. The molecule has 1 unspecified atom stereocenters. The van der Waals surface area contributed by atoms with Gasteiger partial charge in [-0.1, -0.05) is 25.0 Å². The van der Waals surface area contributed by atoms with Crippen LogP contribution in [0.5, 0.6) is 0 Å². The Bertz CT molecular complexity index is 342. The third-order valence-electron chi connectivity index (χ3n) is 2.73. The van der Waals surface area contributed by atoms with Crippen LogP contribution in [0.3, 0.4) is 0 Å². The number of benzene rings is 1. The molecule has 0 radical (unpaired) electrons. The number of fused-ring (bicyclic) bond motifs is 1. The first-order valence-corrected chi connectivity index (χ1v) is 4.41. The van der Waals surface area contributed by atoms with Crippen molar-refractivity contribution < 1.29 is 0 Å². The summed E-state index contributed by atoms with van der Waals surface area (Å²) in [5, 5.41) is 0. The smallest absolute Gasteiger partial charge is 0.0277 e. The van der Waals surface area contributed by atoms with Crippen molar-refractivity contribution in [3.63, 3.8) is 0 Å². The molecule has 1 aliphatic carbocycles. The summed E-state index contributed by atoms with van der Waals surface area (Å²) in [7, 11) is 0. The molecular formula is C12H12. The predicted molar refractivity (Wildman–Crippen MR) is 51.1 cm³/mol. The Kier molecular flexibility index (Phi) is 1.66. The summed E-state index contributed by atoms with van der Waals surface area (Å²) in [6.07, 6.45) is 7.84.